The molecule has 1 aromatic heterocycles. The molecule has 3 rings (SSSR count). The minimum absolute atomic E-state index is 0.152. The van der Waals surface area contributed by atoms with E-state index in [9.17, 15) is 9.59 Å². The lowest BCUT2D eigenvalue weighted by Crippen LogP contribution is -2.21. The zero-order chi connectivity index (χ0) is 20.8. The third-order valence-electron chi connectivity index (χ3n) is 4.07. The number of benzene rings is 2. The molecule has 1 amide bonds. The van der Waals surface area contributed by atoms with Crippen molar-refractivity contribution in [2.45, 2.75) is 26.9 Å². The van der Waals surface area contributed by atoms with Crippen LogP contribution < -0.4 is 10.1 Å². The van der Waals surface area contributed by atoms with Gasteiger partial charge in [-0.1, -0.05) is 48.0 Å². The van der Waals surface area contributed by atoms with Gasteiger partial charge in [-0.05, 0) is 38.5 Å². The number of hydrogen-bond donors (Lipinski definition) is 1. The summed E-state index contributed by atoms with van der Waals surface area (Å²) in [5, 5.41) is 5.10. The van der Waals surface area contributed by atoms with Crippen LogP contribution in [0.1, 0.15) is 29.8 Å². The van der Waals surface area contributed by atoms with Crippen LogP contribution in [0.4, 0.5) is 5.00 Å². The van der Waals surface area contributed by atoms with Crippen LogP contribution in [-0.2, 0) is 9.53 Å². The van der Waals surface area contributed by atoms with E-state index in [1.165, 1.54) is 11.3 Å². The van der Waals surface area contributed by atoms with Crippen LogP contribution in [0.15, 0.2) is 60.0 Å². The Kier molecular flexibility index (Phi) is 6.67. The topological polar surface area (TPSA) is 64.6 Å². The highest BCUT2D eigenvalue weighted by Crippen LogP contribution is 2.36. The lowest BCUT2D eigenvalue weighted by Gasteiger charge is -2.12. The highest BCUT2D eigenvalue weighted by Gasteiger charge is 2.23. The fraction of sp³-hybridized carbons (Fsp3) is 0.217. The summed E-state index contributed by atoms with van der Waals surface area (Å²) in [6.07, 6.45) is -0.266. The van der Waals surface area contributed by atoms with Gasteiger partial charge in [-0.15, -0.1) is 11.3 Å². The Morgan fingerprint density at radius 2 is 1.72 bits per heavy atom. The van der Waals surface area contributed by atoms with Gasteiger partial charge in [0.05, 0.1) is 6.10 Å². The molecule has 0 spiro atoms. The molecule has 1 N–H and O–H groups in total. The summed E-state index contributed by atoms with van der Waals surface area (Å²) in [5.41, 5.74) is 3.12. The van der Waals surface area contributed by atoms with E-state index < -0.39 is 5.97 Å². The molecule has 1 heterocycles. The average Bonchev–Trinajstić information content (AvgIpc) is 3.11. The van der Waals surface area contributed by atoms with E-state index >= 15 is 0 Å². The summed E-state index contributed by atoms with van der Waals surface area (Å²) in [6.45, 7) is 5.44. The first-order valence-corrected chi connectivity index (χ1v) is 10.2. The number of rotatable bonds is 7. The maximum Gasteiger partial charge on any atom is 0.342 e. The number of aryl methyl sites for hydroxylation is 1. The summed E-state index contributed by atoms with van der Waals surface area (Å²) in [7, 11) is 0. The Hall–Kier alpha value is -3.12. The second-order valence-corrected chi connectivity index (χ2v) is 7.70. The number of esters is 1. The van der Waals surface area contributed by atoms with Crippen LogP contribution in [0, 0.1) is 6.92 Å². The third-order valence-corrected chi connectivity index (χ3v) is 4.96. The van der Waals surface area contributed by atoms with Crippen LogP contribution in [0.2, 0.25) is 0 Å². The van der Waals surface area contributed by atoms with Gasteiger partial charge in [0.15, 0.2) is 6.61 Å². The zero-order valence-electron chi connectivity index (χ0n) is 16.6. The number of carbonyl (C=O) groups excluding carboxylic acids is 2. The van der Waals surface area contributed by atoms with E-state index in [1.807, 2.05) is 54.8 Å². The first-order valence-electron chi connectivity index (χ1n) is 9.31. The maximum atomic E-state index is 12.8. The SMILES string of the molecule is Cc1ccc(-c2csc(NC(=O)COc3ccccc3)c2C(=O)OC(C)C)cc1. The second kappa shape index (κ2) is 9.39. The molecular formula is C23H23NO4S. The minimum atomic E-state index is -0.462. The first-order chi connectivity index (χ1) is 13.9. The van der Waals surface area contributed by atoms with E-state index in [4.69, 9.17) is 9.47 Å². The Morgan fingerprint density at radius 3 is 2.38 bits per heavy atom. The molecule has 5 nitrogen and oxygen atoms in total. The molecular weight excluding hydrogens is 386 g/mol. The molecule has 0 aliphatic carbocycles. The summed E-state index contributed by atoms with van der Waals surface area (Å²) in [5.74, 6) is -0.200. The minimum Gasteiger partial charge on any atom is -0.484 e. The molecule has 0 aliphatic heterocycles. The Morgan fingerprint density at radius 1 is 1.03 bits per heavy atom. The monoisotopic (exact) mass is 409 g/mol. The number of nitrogens with one attached hydrogen (secondary N) is 1. The number of para-hydroxylation sites is 1. The van der Waals surface area contributed by atoms with E-state index in [1.54, 1.807) is 26.0 Å². The number of ether oxygens (including phenoxy) is 2. The molecule has 0 radical (unpaired) electrons. The van der Waals surface area contributed by atoms with E-state index in [-0.39, 0.29) is 18.6 Å². The van der Waals surface area contributed by atoms with Crippen molar-refractivity contribution in [2.24, 2.45) is 0 Å². The van der Waals surface area contributed by atoms with E-state index in [2.05, 4.69) is 5.32 Å². The summed E-state index contributed by atoms with van der Waals surface area (Å²) >= 11 is 1.29. The largest absolute Gasteiger partial charge is 0.484 e. The molecule has 0 bridgehead atoms. The van der Waals surface area contributed by atoms with Crippen molar-refractivity contribution in [1.82, 2.24) is 0 Å². The van der Waals surface area contributed by atoms with Crippen molar-refractivity contribution in [3.05, 3.63) is 71.1 Å². The van der Waals surface area contributed by atoms with E-state index in [0.717, 1.165) is 16.7 Å². The van der Waals surface area contributed by atoms with E-state index in [0.29, 0.717) is 16.3 Å². The number of anilines is 1. The molecule has 0 aliphatic rings. The van der Waals surface area contributed by atoms with Crippen LogP contribution in [0.25, 0.3) is 11.1 Å². The van der Waals surface area contributed by atoms with Gasteiger partial charge in [0.1, 0.15) is 16.3 Å². The Balaban J connectivity index is 1.82. The van der Waals surface area contributed by atoms with Gasteiger partial charge in [0.2, 0.25) is 0 Å². The van der Waals surface area contributed by atoms with Crippen molar-refractivity contribution in [2.75, 3.05) is 11.9 Å². The number of thiophene rings is 1. The normalized spacial score (nSPS) is 10.6. The summed E-state index contributed by atoms with van der Waals surface area (Å²) in [4.78, 5) is 25.2. The number of amides is 1. The van der Waals surface area contributed by atoms with Crippen molar-refractivity contribution >= 4 is 28.2 Å². The molecule has 29 heavy (non-hydrogen) atoms. The van der Waals surface area contributed by atoms with Crippen molar-refractivity contribution < 1.29 is 19.1 Å². The van der Waals surface area contributed by atoms with Gasteiger partial charge in [-0.3, -0.25) is 4.79 Å². The van der Waals surface area contributed by atoms with Gasteiger partial charge in [0, 0.05) is 10.9 Å². The molecule has 150 valence electrons. The van der Waals surface area contributed by atoms with Crippen LogP contribution in [0.5, 0.6) is 5.75 Å². The lowest BCUT2D eigenvalue weighted by atomic mass is 10.0. The first kappa shape index (κ1) is 20.6. The molecule has 3 aromatic rings. The average molecular weight is 410 g/mol. The molecule has 6 heteroatoms. The summed E-state index contributed by atoms with van der Waals surface area (Å²) in [6, 6.07) is 17.0. The molecule has 0 atom stereocenters. The van der Waals surface area contributed by atoms with Crippen molar-refractivity contribution in [1.29, 1.82) is 0 Å². The quantitative estimate of drug-likeness (QED) is 0.538. The number of hydrogen-bond acceptors (Lipinski definition) is 5. The molecule has 0 saturated carbocycles. The van der Waals surface area contributed by atoms with Gasteiger partial charge in [0.25, 0.3) is 5.91 Å². The predicted molar refractivity (Wildman–Crippen MR) is 116 cm³/mol. The fourth-order valence-electron chi connectivity index (χ4n) is 2.70. The maximum absolute atomic E-state index is 12.8. The van der Waals surface area contributed by atoms with Crippen molar-refractivity contribution in [3.8, 4) is 16.9 Å². The van der Waals surface area contributed by atoms with Gasteiger partial charge in [-0.2, -0.15) is 0 Å². The zero-order valence-corrected chi connectivity index (χ0v) is 17.4. The summed E-state index contributed by atoms with van der Waals surface area (Å²) < 4.78 is 10.9. The predicted octanol–water partition coefficient (Wildman–Crippen LogP) is 5.31. The van der Waals surface area contributed by atoms with Crippen LogP contribution in [-0.4, -0.2) is 24.6 Å². The van der Waals surface area contributed by atoms with Gasteiger partial charge >= 0.3 is 5.97 Å². The smallest absolute Gasteiger partial charge is 0.342 e. The Bertz CT molecular complexity index is 978. The highest BCUT2D eigenvalue weighted by molar-refractivity contribution is 7.15. The fourth-order valence-corrected chi connectivity index (χ4v) is 3.67. The second-order valence-electron chi connectivity index (χ2n) is 6.82. The molecule has 2 aromatic carbocycles. The van der Waals surface area contributed by atoms with Crippen LogP contribution >= 0.6 is 11.3 Å². The van der Waals surface area contributed by atoms with Gasteiger partial charge in [-0.25, -0.2) is 4.79 Å². The van der Waals surface area contributed by atoms with Crippen LogP contribution in [0.3, 0.4) is 0 Å². The molecule has 0 unspecified atom stereocenters. The third kappa shape index (κ3) is 5.45. The highest BCUT2D eigenvalue weighted by atomic mass is 32.1. The molecule has 0 fully saturated rings. The standard InChI is InChI=1S/C23H23NO4S/c1-15(2)28-23(26)21-19(17-11-9-16(3)10-12-17)14-29-22(21)24-20(25)13-27-18-7-5-4-6-8-18/h4-12,14-15H,13H2,1-3H3,(H,24,25). The number of carbonyl (C=O) groups is 2. The Labute approximate surface area is 174 Å². The van der Waals surface area contributed by atoms with Crippen molar-refractivity contribution in [3.63, 3.8) is 0 Å². The van der Waals surface area contributed by atoms with Gasteiger partial charge < -0.3 is 14.8 Å². The molecule has 0 saturated heterocycles. The lowest BCUT2D eigenvalue weighted by molar-refractivity contribution is -0.118.